The number of sulfonamides is 1. The van der Waals surface area contributed by atoms with E-state index in [1.165, 1.54) is 36.4 Å². The minimum atomic E-state index is -3.96. The highest BCUT2D eigenvalue weighted by molar-refractivity contribution is 7.89. The molecule has 0 aliphatic rings. The summed E-state index contributed by atoms with van der Waals surface area (Å²) in [5.41, 5.74) is 1.43. The number of hydrogen-bond donors (Lipinski definition) is 2. The predicted octanol–water partition coefficient (Wildman–Crippen LogP) is 3.16. The first kappa shape index (κ1) is 23.9. The van der Waals surface area contributed by atoms with E-state index in [0.717, 1.165) is 0 Å². The molecule has 0 heterocycles. The molecule has 0 fully saturated rings. The van der Waals surface area contributed by atoms with Crippen molar-refractivity contribution in [3.05, 3.63) is 89.2 Å². The fraction of sp³-hybridized carbons (Fsp3) is 0.130. The van der Waals surface area contributed by atoms with Crippen molar-refractivity contribution in [1.29, 1.82) is 0 Å². The number of carbonyl (C=O) groups excluding carboxylic acids is 2. The fourth-order valence-corrected chi connectivity index (χ4v) is 3.70. The van der Waals surface area contributed by atoms with Crippen LogP contribution in [0.5, 0.6) is 5.75 Å². The number of benzene rings is 3. The van der Waals surface area contributed by atoms with Crippen LogP contribution in [-0.2, 0) is 26.2 Å². The molecular weight excluding hydrogens is 451 g/mol. The smallest absolute Gasteiger partial charge is 0.342 e. The molecule has 0 aromatic heterocycles. The number of ether oxygens (including phenoxy) is 2. The van der Waals surface area contributed by atoms with Gasteiger partial charge in [-0.25, -0.2) is 22.7 Å². The third-order valence-corrected chi connectivity index (χ3v) is 5.58. The van der Waals surface area contributed by atoms with E-state index < -0.39 is 28.5 Å². The van der Waals surface area contributed by atoms with Crippen molar-refractivity contribution in [1.82, 2.24) is 0 Å². The van der Waals surface area contributed by atoms with Gasteiger partial charge in [-0.15, -0.1) is 0 Å². The van der Waals surface area contributed by atoms with Gasteiger partial charge < -0.3 is 14.8 Å². The lowest BCUT2D eigenvalue weighted by Gasteiger charge is -2.12. The molecule has 0 unspecified atom stereocenters. The molecule has 3 N–H and O–H groups in total. The Labute approximate surface area is 190 Å². The van der Waals surface area contributed by atoms with Crippen molar-refractivity contribution in [2.24, 2.45) is 5.14 Å². The standard InChI is InChI=1S/C23H21FN2O6S/c1-15-6-11-18(12-21(15)33(25,29)30)26-22(27)14-32-23(28)19-4-2-3-5-20(19)31-13-16-7-9-17(24)10-8-16/h2-12H,13-14H2,1H3,(H,26,27)(H2,25,29,30). The summed E-state index contributed by atoms with van der Waals surface area (Å²) >= 11 is 0. The molecule has 1 amide bonds. The van der Waals surface area contributed by atoms with Gasteiger partial charge in [-0.05, 0) is 54.4 Å². The average molecular weight is 472 g/mol. The van der Waals surface area contributed by atoms with E-state index in [9.17, 15) is 22.4 Å². The maximum absolute atomic E-state index is 13.0. The lowest BCUT2D eigenvalue weighted by Crippen LogP contribution is -2.22. The molecular formula is C23H21FN2O6S. The topological polar surface area (TPSA) is 125 Å². The molecule has 0 saturated heterocycles. The van der Waals surface area contributed by atoms with Crippen LogP contribution in [0, 0.1) is 12.7 Å². The first-order chi connectivity index (χ1) is 15.6. The van der Waals surface area contributed by atoms with Gasteiger partial charge in [0, 0.05) is 5.69 Å². The molecule has 0 saturated carbocycles. The molecule has 172 valence electrons. The summed E-state index contributed by atoms with van der Waals surface area (Å²) in [6.45, 7) is 1.07. The summed E-state index contributed by atoms with van der Waals surface area (Å²) in [7, 11) is -3.96. The lowest BCUT2D eigenvalue weighted by molar-refractivity contribution is -0.119. The SMILES string of the molecule is Cc1ccc(NC(=O)COC(=O)c2ccccc2OCc2ccc(F)cc2)cc1S(N)(=O)=O. The summed E-state index contributed by atoms with van der Waals surface area (Å²) in [5, 5.41) is 7.62. The Morgan fingerprint density at radius 2 is 1.73 bits per heavy atom. The number of primary sulfonamides is 1. The largest absolute Gasteiger partial charge is 0.488 e. The van der Waals surface area contributed by atoms with Crippen molar-refractivity contribution in [3.8, 4) is 5.75 Å². The lowest BCUT2D eigenvalue weighted by atomic mass is 10.2. The average Bonchev–Trinajstić information content (AvgIpc) is 2.78. The minimum absolute atomic E-state index is 0.102. The highest BCUT2D eigenvalue weighted by Crippen LogP contribution is 2.21. The number of aryl methyl sites for hydroxylation is 1. The number of amides is 1. The molecule has 0 aliphatic heterocycles. The van der Waals surface area contributed by atoms with Gasteiger partial charge in [0.1, 0.15) is 23.7 Å². The Morgan fingerprint density at radius 3 is 2.42 bits per heavy atom. The summed E-state index contributed by atoms with van der Waals surface area (Å²) < 4.78 is 47.0. The number of carbonyl (C=O) groups is 2. The van der Waals surface area contributed by atoms with E-state index >= 15 is 0 Å². The highest BCUT2D eigenvalue weighted by atomic mass is 32.2. The summed E-state index contributed by atoms with van der Waals surface area (Å²) in [6, 6.07) is 16.3. The molecule has 0 bridgehead atoms. The van der Waals surface area contributed by atoms with Crippen LogP contribution in [0.15, 0.2) is 71.6 Å². The number of nitrogens with two attached hydrogens (primary N) is 1. The zero-order valence-electron chi connectivity index (χ0n) is 17.6. The molecule has 3 aromatic rings. The van der Waals surface area contributed by atoms with Gasteiger partial charge in [0.2, 0.25) is 10.0 Å². The molecule has 0 spiro atoms. The maximum atomic E-state index is 13.0. The van der Waals surface area contributed by atoms with Crippen LogP contribution >= 0.6 is 0 Å². The van der Waals surface area contributed by atoms with E-state index in [2.05, 4.69) is 5.32 Å². The van der Waals surface area contributed by atoms with Crippen molar-refractivity contribution in [2.45, 2.75) is 18.4 Å². The van der Waals surface area contributed by atoms with Crippen LogP contribution in [0.1, 0.15) is 21.5 Å². The van der Waals surface area contributed by atoms with E-state index in [1.54, 1.807) is 37.3 Å². The number of anilines is 1. The van der Waals surface area contributed by atoms with Crippen LogP contribution in [0.25, 0.3) is 0 Å². The summed E-state index contributed by atoms with van der Waals surface area (Å²) in [5.74, 6) is -1.58. The van der Waals surface area contributed by atoms with Gasteiger partial charge in [-0.1, -0.05) is 30.3 Å². The molecule has 3 rings (SSSR count). The summed E-state index contributed by atoms with van der Waals surface area (Å²) in [4.78, 5) is 24.5. The maximum Gasteiger partial charge on any atom is 0.342 e. The predicted molar refractivity (Wildman–Crippen MR) is 119 cm³/mol. The molecule has 33 heavy (non-hydrogen) atoms. The monoisotopic (exact) mass is 472 g/mol. The van der Waals surface area contributed by atoms with Crippen molar-refractivity contribution in [3.63, 3.8) is 0 Å². The van der Waals surface area contributed by atoms with E-state index in [4.69, 9.17) is 14.6 Å². The van der Waals surface area contributed by atoms with Crippen LogP contribution in [0.4, 0.5) is 10.1 Å². The Hall–Kier alpha value is -3.76. The second kappa shape index (κ2) is 10.2. The fourth-order valence-electron chi connectivity index (χ4n) is 2.89. The number of para-hydroxylation sites is 1. The van der Waals surface area contributed by atoms with Crippen LogP contribution in [0.3, 0.4) is 0 Å². The van der Waals surface area contributed by atoms with E-state index in [1.807, 2.05) is 0 Å². The second-order valence-electron chi connectivity index (χ2n) is 7.06. The zero-order chi connectivity index (χ0) is 24.0. The quantitative estimate of drug-likeness (QED) is 0.485. The van der Waals surface area contributed by atoms with Crippen molar-refractivity contribution in [2.75, 3.05) is 11.9 Å². The molecule has 0 atom stereocenters. The number of hydrogen-bond acceptors (Lipinski definition) is 6. The highest BCUT2D eigenvalue weighted by Gasteiger charge is 2.17. The van der Waals surface area contributed by atoms with Gasteiger partial charge in [0.15, 0.2) is 6.61 Å². The third-order valence-electron chi connectivity index (χ3n) is 4.53. The number of halogens is 1. The second-order valence-corrected chi connectivity index (χ2v) is 8.59. The number of esters is 1. The number of rotatable bonds is 8. The number of nitrogens with one attached hydrogen (secondary N) is 1. The van der Waals surface area contributed by atoms with Gasteiger partial charge in [0.05, 0.1) is 4.90 Å². The van der Waals surface area contributed by atoms with Crippen LogP contribution in [0.2, 0.25) is 0 Å². The zero-order valence-corrected chi connectivity index (χ0v) is 18.4. The first-order valence-electron chi connectivity index (χ1n) is 9.70. The molecule has 0 radical (unpaired) electrons. The summed E-state index contributed by atoms with van der Waals surface area (Å²) in [6.07, 6.45) is 0. The normalized spacial score (nSPS) is 11.0. The molecule has 8 nitrogen and oxygen atoms in total. The van der Waals surface area contributed by atoms with Gasteiger partial charge in [-0.2, -0.15) is 0 Å². The molecule has 10 heteroatoms. The first-order valence-corrected chi connectivity index (χ1v) is 11.2. The molecule has 3 aromatic carbocycles. The van der Waals surface area contributed by atoms with Gasteiger partial charge in [0.25, 0.3) is 5.91 Å². The Morgan fingerprint density at radius 1 is 1.03 bits per heavy atom. The minimum Gasteiger partial charge on any atom is -0.488 e. The third kappa shape index (κ3) is 6.61. The Balaban J connectivity index is 1.61. The van der Waals surface area contributed by atoms with Crippen molar-refractivity contribution >= 4 is 27.6 Å². The Kier molecular flexibility index (Phi) is 7.41. The molecule has 0 aliphatic carbocycles. The van der Waals surface area contributed by atoms with E-state index in [0.29, 0.717) is 11.1 Å². The van der Waals surface area contributed by atoms with Gasteiger partial charge in [-0.3, -0.25) is 4.79 Å². The van der Waals surface area contributed by atoms with Gasteiger partial charge >= 0.3 is 5.97 Å². The van der Waals surface area contributed by atoms with Crippen LogP contribution < -0.4 is 15.2 Å². The Bertz CT molecular complexity index is 1280. The van der Waals surface area contributed by atoms with Crippen LogP contribution in [-0.4, -0.2) is 26.9 Å². The van der Waals surface area contributed by atoms with E-state index in [-0.39, 0.29) is 34.3 Å². The van der Waals surface area contributed by atoms with Crippen molar-refractivity contribution < 1.29 is 31.9 Å².